The maximum Gasteiger partial charge on any atom is 0.150 e. The molecule has 1 aromatic heterocycles. The molecule has 3 aromatic rings. The number of fused-ring (bicyclic) bond motifs is 1. The molecule has 1 N–H and O–H groups in total. The molecular formula is C16H15FN2S2. The number of rotatable bonds is 4. The Balaban J connectivity index is 1.82. The van der Waals surface area contributed by atoms with E-state index < -0.39 is 0 Å². The van der Waals surface area contributed by atoms with Gasteiger partial charge in [0.25, 0.3) is 0 Å². The van der Waals surface area contributed by atoms with E-state index in [0.717, 1.165) is 21.1 Å². The van der Waals surface area contributed by atoms with Gasteiger partial charge in [-0.1, -0.05) is 23.9 Å². The van der Waals surface area contributed by atoms with Crippen LogP contribution in [0.25, 0.3) is 10.2 Å². The third-order valence-corrected chi connectivity index (χ3v) is 5.30. The van der Waals surface area contributed by atoms with E-state index in [2.05, 4.69) is 23.3 Å². The maximum atomic E-state index is 13.0. The number of thioether (sulfide) groups is 1. The number of nitrogens with zero attached hydrogens (tertiary/aromatic N) is 1. The highest BCUT2D eigenvalue weighted by Gasteiger charge is 2.08. The Kier molecular flexibility index (Phi) is 4.12. The van der Waals surface area contributed by atoms with Crippen LogP contribution in [0.3, 0.4) is 0 Å². The second-order valence-corrected chi connectivity index (χ2v) is 6.87. The zero-order valence-electron chi connectivity index (χ0n) is 11.8. The van der Waals surface area contributed by atoms with Gasteiger partial charge >= 0.3 is 0 Å². The van der Waals surface area contributed by atoms with Crippen LogP contribution in [0.5, 0.6) is 0 Å². The number of nitrogens with one attached hydrogen (secondary N) is 1. The highest BCUT2D eigenvalue weighted by Crippen LogP contribution is 2.31. The van der Waals surface area contributed by atoms with E-state index in [1.807, 2.05) is 30.5 Å². The fraction of sp³-hybridized carbons (Fsp3) is 0.188. The lowest BCUT2D eigenvalue weighted by atomic mass is 10.1. The summed E-state index contributed by atoms with van der Waals surface area (Å²) in [5.74, 6) is -0.207. The van der Waals surface area contributed by atoms with E-state index in [0.29, 0.717) is 0 Å². The van der Waals surface area contributed by atoms with E-state index in [4.69, 9.17) is 0 Å². The summed E-state index contributed by atoms with van der Waals surface area (Å²) in [7, 11) is 0. The Morgan fingerprint density at radius 1 is 1.19 bits per heavy atom. The van der Waals surface area contributed by atoms with Crippen molar-refractivity contribution in [3.05, 3.63) is 53.8 Å². The molecule has 2 nitrogen and oxygen atoms in total. The Morgan fingerprint density at radius 2 is 1.95 bits per heavy atom. The van der Waals surface area contributed by atoms with Crippen LogP contribution in [0.1, 0.15) is 18.5 Å². The fourth-order valence-electron chi connectivity index (χ4n) is 2.17. The summed E-state index contributed by atoms with van der Waals surface area (Å²) in [6.07, 6.45) is 2.04. The predicted molar refractivity (Wildman–Crippen MR) is 89.8 cm³/mol. The van der Waals surface area contributed by atoms with Crippen molar-refractivity contribution in [1.29, 1.82) is 0 Å². The van der Waals surface area contributed by atoms with Gasteiger partial charge < -0.3 is 5.32 Å². The van der Waals surface area contributed by atoms with Gasteiger partial charge in [0, 0.05) is 11.7 Å². The molecule has 1 heterocycles. The first kappa shape index (κ1) is 14.4. The van der Waals surface area contributed by atoms with Crippen molar-refractivity contribution in [2.24, 2.45) is 0 Å². The second kappa shape index (κ2) is 6.03. The Labute approximate surface area is 131 Å². The normalized spacial score (nSPS) is 12.5. The molecule has 0 radical (unpaired) electrons. The molecule has 2 aromatic carbocycles. The smallest absolute Gasteiger partial charge is 0.150 e. The maximum absolute atomic E-state index is 13.0. The molecule has 0 amide bonds. The number of thiazole rings is 1. The molecule has 0 aliphatic rings. The highest BCUT2D eigenvalue weighted by molar-refractivity contribution is 8.00. The van der Waals surface area contributed by atoms with E-state index in [-0.39, 0.29) is 11.9 Å². The van der Waals surface area contributed by atoms with E-state index >= 15 is 0 Å². The lowest BCUT2D eigenvalue weighted by Crippen LogP contribution is -2.06. The van der Waals surface area contributed by atoms with Gasteiger partial charge in [0.2, 0.25) is 0 Å². The third kappa shape index (κ3) is 3.19. The van der Waals surface area contributed by atoms with Crippen molar-refractivity contribution in [2.45, 2.75) is 17.3 Å². The molecule has 0 bridgehead atoms. The standard InChI is InChI=1S/C16H15FN2S2/c1-10(11-3-5-12(17)6-4-11)18-13-7-8-14-15(9-13)21-16(19-14)20-2/h3-10,18H,1-2H3. The summed E-state index contributed by atoms with van der Waals surface area (Å²) >= 11 is 3.36. The van der Waals surface area contributed by atoms with Crippen molar-refractivity contribution in [3.63, 3.8) is 0 Å². The number of halogens is 1. The van der Waals surface area contributed by atoms with Crippen molar-refractivity contribution in [2.75, 3.05) is 11.6 Å². The highest BCUT2D eigenvalue weighted by atomic mass is 32.2. The summed E-state index contributed by atoms with van der Waals surface area (Å²) in [5.41, 5.74) is 3.14. The zero-order chi connectivity index (χ0) is 14.8. The molecule has 0 fully saturated rings. The summed E-state index contributed by atoms with van der Waals surface area (Å²) in [6.45, 7) is 2.07. The Morgan fingerprint density at radius 3 is 2.67 bits per heavy atom. The van der Waals surface area contributed by atoms with Crippen LogP contribution in [0.4, 0.5) is 10.1 Å². The monoisotopic (exact) mass is 318 g/mol. The second-order valence-electron chi connectivity index (χ2n) is 4.78. The van der Waals surface area contributed by atoms with Gasteiger partial charge in [-0.25, -0.2) is 9.37 Å². The van der Waals surface area contributed by atoms with Gasteiger partial charge in [-0.05, 0) is 49.1 Å². The molecule has 5 heteroatoms. The van der Waals surface area contributed by atoms with E-state index in [9.17, 15) is 4.39 Å². The lowest BCUT2D eigenvalue weighted by Gasteiger charge is -2.15. The average Bonchev–Trinajstić information content (AvgIpc) is 2.90. The van der Waals surface area contributed by atoms with Crippen LogP contribution in [0, 0.1) is 5.82 Å². The van der Waals surface area contributed by atoms with Gasteiger partial charge in [-0.3, -0.25) is 0 Å². The molecular weight excluding hydrogens is 303 g/mol. The van der Waals surface area contributed by atoms with Crippen LogP contribution in [-0.4, -0.2) is 11.2 Å². The quantitative estimate of drug-likeness (QED) is 0.658. The minimum absolute atomic E-state index is 0.121. The molecule has 3 rings (SSSR count). The SMILES string of the molecule is CSc1nc2ccc(NC(C)c3ccc(F)cc3)cc2s1. The Hall–Kier alpha value is -1.59. The van der Waals surface area contributed by atoms with Gasteiger partial charge in [0.15, 0.2) is 4.34 Å². The Bertz CT molecular complexity index is 753. The number of hydrogen-bond donors (Lipinski definition) is 1. The first-order valence-corrected chi connectivity index (χ1v) is 8.66. The van der Waals surface area contributed by atoms with E-state index in [1.165, 1.54) is 16.8 Å². The van der Waals surface area contributed by atoms with Crippen molar-refractivity contribution in [1.82, 2.24) is 4.98 Å². The zero-order valence-corrected chi connectivity index (χ0v) is 13.4. The molecule has 0 spiro atoms. The van der Waals surface area contributed by atoms with Crippen LogP contribution in [0.2, 0.25) is 0 Å². The minimum Gasteiger partial charge on any atom is -0.378 e. The summed E-state index contributed by atoms with van der Waals surface area (Å²) in [4.78, 5) is 4.53. The number of hydrogen-bond acceptors (Lipinski definition) is 4. The van der Waals surface area contributed by atoms with Crippen LogP contribution >= 0.6 is 23.1 Å². The van der Waals surface area contributed by atoms with Gasteiger partial charge in [-0.2, -0.15) is 0 Å². The molecule has 0 aliphatic carbocycles. The molecule has 0 saturated carbocycles. The van der Waals surface area contributed by atoms with Crippen LogP contribution < -0.4 is 5.32 Å². The number of benzene rings is 2. The molecule has 108 valence electrons. The molecule has 0 saturated heterocycles. The summed E-state index contributed by atoms with van der Waals surface area (Å²) in [5, 5.41) is 3.45. The van der Waals surface area contributed by atoms with Crippen molar-refractivity contribution in [3.8, 4) is 0 Å². The molecule has 1 atom stereocenters. The average molecular weight is 318 g/mol. The largest absolute Gasteiger partial charge is 0.378 e. The van der Waals surface area contributed by atoms with Crippen LogP contribution in [-0.2, 0) is 0 Å². The van der Waals surface area contributed by atoms with Crippen LogP contribution in [0.15, 0.2) is 46.8 Å². The number of anilines is 1. The summed E-state index contributed by atoms with van der Waals surface area (Å²) < 4.78 is 15.2. The first-order valence-electron chi connectivity index (χ1n) is 6.62. The van der Waals surface area contributed by atoms with Crippen molar-refractivity contribution >= 4 is 39.0 Å². The fourth-order valence-corrected chi connectivity index (χ4v) is 3.69. The van der Waals surface area contributed by atoms with Gasteiger partial charge in [0.05, 0.1) is 10.2 Å². The van der Waals surface area contributed by atoms with Gasteiger partial charge in [-0.15, -0.1) is 11.3 Å². The van der Waals surface area contributed by atoms with Gasteiger partial charge in [0.1, 0.15) is 5.82 Å². The first-order chi connectivity index (χ1) is 10.2. The summed E-state index contributed by atoms with van der Waals surface area (Å²) in [6, 6.07) is 12.9. The molecule has 0 aliphatic heterocycles. The molecule has 21 heavy (non-hydrogen) atoms. The minimum atomic E-state index is -0.207. The third-order valence-electron chi connectivity index (χ3n) is 3.30. The van der Waals surface area contributed by atoms with E-state index in [1.54, 1.807) is 23.1 Å². The molecule has 1 unspecified atom stereocenters. The lowest BCUT2D eigenvalue weighted by molar-refractivity contribution is 0.626. The topological polar surface area (TPSA) is 24.9 Å². The van der Waals surface area contributed by atoms with Crippen molar-refractivity contribution < 1.29 is 4.39 Å². The number of aromatic nitrogens is 1. The predicted octanol–water partition coefficient (Wildman–Crippen LogP) is 5.33.